The molecule has 0 amide bonds. The minimum absolute atomic E-state index is 0.197. The van der Waals surface area contributed by atoms with Crippen LogP contribution in [-0.4, -0.2) is 34.2 Å². The van der Waals surface area contributed by atoms with Crippen molar-refractivity contribution in [1.29, 1.82) is 0 Å². The van der Waals surface area contributed by atoms with Gasteiger partial charge in [0.15, 0.2) is 5.76 Å². The number of piperidine rings is 1. The highest BCUT2D eigenvalue weighted by Gasteiger charge is 2.51. The molecule has 5 nitrogen and oxygen atoms in total. The summed E-state index contributed by atoms with van der Waals surface area (Å²) in [6.07, 6.45) is 3.86. The summed E-state index contributed by atoms with van der Waals surface area (Å²) in [7, 11) is 0. The lowest BCUT2D eigenvalue weighted by atomic mass is 9.90. The van der Waals surface area contributed by atoms with Gasteiger partial charge in [0.05, 0.1) is 11.5 Å². The predicted octanol–water partition coefficient (Wildman–Crippen LogP) is 7.07. The van der Waals surface area contributed by atoms with E-state index in [-0.39, 0.29) is 6.04 Å². The molecule has 0 radical (unpaired) electrons. The van der Waals surface area contributed by atoms with Crippen LogP contribution < -0.4 is 0 Å². The number of carboxylic acid groups (broad SMARTS) is 1. The predicted molar refractivity (Wildman–Crippen MR) is 144 cm³/mol. The van der Waals surface area contributed by atoms with Gasteiger partial charge in [-0.2, -0.15) is 0 Å². The number of rotatable bonds is 7. The standard InChI is InChI=1S/C32H32N2O3/c1-22(34-19-5-8-27(21-34)23-6-3-2-4-7-23)29-20-30(37-33-29)26-11-9-24(10-12-26)25-13-15-28(16-14-25)32(17-18-32)31(35)36/h2-4,6-7,9-16,20,22,27H,5,8,17-19,21H2,1H3,(H,35,36). The molecule has 1 saturated heterocycles. The third kappa shape index (κ3) is 4.60. The monoisotopic (exact) mass is 492 g/mol. The van der Waals surface area contributed by atoms with Gasteiger partial charge >= 0.3 is 5.97 Å². The van der Waals surface area contributed by atoms with Crippen molar-refractivity contribution in [3.8, 4) is 22.5 Å². The minimum atomic E-state index is -0.721. The van der Waals surface area contributed by atoms with Gasteiger partial charge in [0.25, 0.3) is 0 Å². The lowest BCUT2D eigenvalue weighted by Crippen LogP contribution is -2.36. The third-order valence-electron chi connectivity index (χ3n) is 8.33. The van der Waals surface area contributed by atoms with Crippen LogP contribution in [-0.2, 0) is 10.2 Å². The summed E-state index contributed by atoms with van der Waals surface area (Å²) in [5.74, 6) is 0.614. The molecule has 37 heavy (non-hydrogen) atoms. The second-order valence-electron chi connectivity index (χ2n) is 10.6. The number of likely N-dealkylation sites (tertiary alicyclic amines) is 1. The van der Waals surface area contributed by atoms with Gasteiger partial charge < -0.3 is 9.63 Å². The Balaban J connectivity index is 1.14. The number of benzene rings is 3. The van der Waals surface area contributed by atoms with Crippen molar-refractivity contribution in [2.24, 2.45) is 0 Å². The molecule has 1 saturated carbocycles. The van der Waals surface area contributed by atoms with Crippen LogP contribution in [0.3, 0.4) is 0 Å². The zero-order valence-electron chi connectivity index (χ0n) is 21.1. The van der Waals surface area contributed by atoms with Crippen molar-refractivity contribution < 1.29 is 14.4 Å². The van der Waals surface area contributed by atoms with Gasteiger partial charge in [-0.3, -0.25) is 9.69 Å². The minimum Gasteiger partial charge on any atom is -0.481 e. The molecule has 2 fully saturated rings. The maximum atomic E-state index is 11.6. The summed E-state index contributed by atoms with van der Waals surface area (Å²) >= 11 is 0. The maximum absolute atomic E-state index is 11.6. The molecule has 4 aromatic rings. The van der Waals surface area contributed by atoms with Crippen molar-refractivity contribution in [3.63, 3.8) is 0 Å². The second-order valence-corrected chi connectivity index (χ2v) is 10.6. The Morgan fingerprint density at radius 1 is 0.973 bits per heavy atom. The summed E-state index contributed by atoms with van der Waals surface area (Å²) in [5.41, 5.74) is 5.77. The Bertz CT molecular complexity index is 1370. The van der Waals surface area contributed by atoms with E-state index in [1.807, 2.05) is 24.3 Å². The van der Waals surface area contributed by atoms with Gasteiger partial charge in [-0.15, -0.1) is 0 Å². The van der Waals surface area contributed by atoms with Crippen LogP contribution in [0.1, 0.15) is 61.4 Å². The van der Waals surface area contributed by atoms with E-state index in [4.69, 9.17) is 4.52 Å². The Labute approximate surface area is 217 Å². The third-order valence-corrected chi connectivity index (χ3v) is 8.33. The molecule has 5 heteroatoms. The fourth-order valence-electron chi connectivity index (χ4n) is 5.72. The molecule has 0 spiro atoms. The van der Waals surface area contributed by atoms with Crippen molar-refractivity contribution in [2.45, 2.75) is 50.0 Å². The molecule has 2 unspecified atom stereocenters. The molecular formula is C32H32N2O3. The molecule has 2 atom stereocenters. The van der Waals surface area contributed by atoms with Gasteiger partial charge in [-0.1, -0.05) is 84.0 Å². The number of aromatic nitrogens is 1. The van der Waals surface area contributed by atoms with Crippen LogP contribution in [0.2, 0.25) is 0 Å². The SMILES string of the molecule is CC(c1cc(-c2ccc(-c3ccc(C4(C(=O)O)CC4)cc3)cc2)on1)N1CCCC(c2ccccc2)C1. The topological polar surface area (TPSA) is 66.6 Å². The lowest BCUT2D eigenvalue weighted by Gasteiger charge is -2.36. The van der Waals surface area contributed by atoms with Crippen LogP contribution in [0.4, 0.5) is 0 Å². The Morgan fingerprint density at radius 3 is 2.27 bits per heavy atom. The quantitative estimate of drug-likeness (QED) is 0.299. The van der Waals surface area contributed by atoms with Crippen LogP contribution in [0.25, 0.3) is 22.5 Å². The van der Waals surface area contributed by atoms with E-state index in [0.717, 1.165) is 59.6 Å². The molecular weight excluding hydrogens is 460 g/mol. The van der Waals surface area contributed by atoms with E-state index in [1.165, 1.54) is 18.4 Å². The van der Waals surface area contributed by atoms with E-state index in [0.29, 0.717) is 5.92 Å². The molecule has 188 valence electrons. The maximum Gasteiger partial charge on any atom is 0.314 e. The number of hydrogen-bond donors (Lipinski definition) is 1. The summed E-state index contributed by atoms with van der Waals surface area (Å²) < 4.78 is 5.77. The van der Waals surface area contributed by atoms with E-state index in [1.54, 1.807) is 0 Å². The van der Waals surface area contributed by atoms with Gasteiger partial charge in [0, 0.05) is 18.2 Å². The molecule has 2 heterocycles. The normalized spacial score (nSPS) is 19.9. The highest BCUT2D eigenvalue weighted by Crippen LogP contribution is 2.48. The lowest BCUT2D eigenvalue weighted by molar-refractivity contribution is -0.140. The average molecular weight is 493 g/mol. The first-order valence-electron chi connectivity index (χ1n) is 13.2. The smallest absolute Gasteiger partial charge is 0.314 e. The molecule has 1 aromatic heterocycles. The van der Waals surface area contributed by atoms with Crippen molar-refractivity contribution in [1.82, 2.24) is 10.1 Å². The van der Waals surface area contributed by atoms with Crippen LogP contribution >= 0.6 is 0 Å². The first-order valence-corrected chi connectivity index (χ1v) is 13.2. The first kappa shape index (κ1) is 23.7. The Morgan fingerprint density at radius 2 is 1.62 bits per heavy atom. The summed E-state index contributed by atoms with van der Waals surface area (Å²) in [5, 5.41) is 14.0. The van der Waals surface area contributed by atoms with Crippen molar-refractivity contribution >= 4 is 5.97 Å². The first-order chi connectivity index (χ1) is 18.0. The highest BCUT2D eigenvalue weighted by atomic mass is 16.5. The summed E-state index contributed by atoms with van der Waals surface area (Å²) in [6.45, 7) is 4.33. The number of carboxylic acids is 1. The fraction of sp³-hybridized carbons (Fsp3) is 0.312. The van der Waals surface area contributed by atoms with Crippen LogP contribution in [0.15, 0.2) is 89.5 Å². The Kier molecular flexibility index (Phi) is 6.17. The summed E-state index contributed by atoms with van der Waals surface area (Å²) in [4.78, 5) is 14.1. The fourth-order valence-corrected chi connectivity index (χ4v) is 5.72. The van der Waals surface area contributed by atoms with Gasteiger partial charge in [-0.05, 0) is 67.3 Å². The molecule has 1 aliphatic heterocycles. The van der Waals surface area contributed by atoms with E-state index in [9.17, 15) is 9.90 Å². The van der Waals surface area contributed by atoms with E-state index >= 15 is 0 Å². The number of aliphatic carboxylic acids is 1. The second kappa shape index (κ2) is 9.64. The largest absolute Gasteiger partial charge is 0.481 e. The zero-order valence-corrected chi connectivity index (χ0v) is 21.1. The van der Waals surface area contributed by atoms with Crippen molar-refractivity contribution in [2.75, 3.05) is 13.1 Å². The molecule has 6 rings (SSSR count). The van der Waals surface area contributed by atoms with Crippen LogP contribution in [0, 0.1) is 0 Å². The Hall–Kier alpha value is -3.70. The van der Waals surface area contributed by atoms with E-state index < -0.39 is 11.4 Å². The summed E-state index contributed by atoms with van der Waals surface area (Å²) in [6, 6.07) is 29.3. The van der Waals surface area contributed by atoms with E-state index in [2.05, 4.69) is 77.6 Å². The average Bonchev–Trinajstić information content (AvgIpc) is 3.63. The number of nitrogens with zero attached hydrogens (tertiary/aromatic N) is 2. The molecule has 1 aliphatic carbocycles. The van der Waals surface area contributed by atoms with Gasteiger partial charge in [0.2, 0.25) is 0 Å². The van der Waals surface area contributed by atoms with Crippen LogP contribution in [0.5, 0.6) is 0 Å². The molecule has 0 bridgehead atoms. The molecule has 3 aromatic carbocycles. The van der Waals surface area contributed by atoms with Gasteiger partial charge in [0.1, 0.15) is 5.69 Å². The number of carbonyl (C=O) groups is 1. The molecule has 1 N–H and O–H groups in total. The molecule has 2 aliphatic rings. The highest BCUT2D eigenvalue weighted by molar-refractivity contribution is 5.85. The van der Waals surface area contributed by atoms with Crippen molar-refractivity contribution in [3.05, 3.63) is 102 Å². The number of hydrogen-bond acceptors (Lipinski definition) is 4. The van der Waals surface area contributed by atoms with Gasteiger partial charge in [-0.25, -0.2) is 0 Å². The zero-order chi connectivity index (χ0) is 25.4.